The summed E-state index contributed by atoms with van der Waals surface area (Å²) in [7, 11) is 0. The number of ketones is 1. The van der Waals surface area contributed by atoms with Gasteiger partial charge in [0.05, 0.1) is 11.4 Å². The van der Waals surface area contributed by atoms with Crippen LogP contribution in [0.3, 0.4) is 0 Å². The van der Waals surface area contributed by atoms with Gasteiger partial charge in [0, 0.05) is 23.7 Å². The lowest BCUT2D eigenvalue weighted by molar-refractivity contribution is 0.102. The highest BCUT2D eigenvalue weighted by molar-refractivity contribution is 8.03. The second-order valence-corrected chi connectivity index (χ2v) is 9.28. The molecule has 0 amide bonds. The molecular weight excluding hydrogens is 396 g/mol. The Bertz CT molecular complexity index is 1070. The topological polar surface area (TPSA) is 60.2 Å². The minimum absolute atomic E-state index is 0.102. The molecule has 0 fully saturated rings. The van der Waals surface area contributed by atoms with E-state index in [0.29, 0.717) is 5.75 Å². The third kappa shape index (κ3) is 4.40. The Morgan fingerprint density at radius 2 is 1.85 bits per heavy atom. The number of aromatic nitrogens is 4. The van der Waals surface area contributed by atoms with Gasteiger partial charge in [0.15, 0.2) is 14.5 Å². The van der Waals surface area contributed by atoms with E-state index in [0.717, 1.165) is 36.9 Å². The number of benzene rings is 1. The van der Waals surface area contributed by atoms with Crippen LogP contribution in [0.2, 0.25) is 0 Å². The van der Waals surface area contributed by atoms with Crippen LogP contribution in [-0.2, 0) is 5.75 Å². The number of nitrogens with zero attached hydrogens (tertiary/aromatic N) is 4. The number of Topliss-reactive ketones (excluding diaryl/α,β-unsaturated/α-hetero) is 1. The molecule has 0 aliphatic heterocycles. The van der Waals surface area contributed by atoms with E-state index in [2.05, 4.69) is 28.2 Å². The summed E-state index contributed by atoms with van der Waals surface area (Å²) in [5.74, 6) is 1.21. The number of hydrogen-bond donors (Lipinski definition) is 0. The van der Waals surface area contributed by atoms with Gasteiger partial charge in [-0.2, -0.15) is 0 Å². The van der Waals surface area contributed by atoms with Gasteiger partial charge in [-0.25, -0.2) is 4.98 Å². The number of rotatable bonds is 7. The Morgan fingerprint density at radius 1 is 1.07 bits per heavy atom. The summed E-state index contributed by atoms with van der Waals surface area (Å²) in [6.07, 6.45) is 4.05. The zero-order valence-corrected chi connectivity index (χ0v) is 17.0. The molecule has 4 aromatic rings. The van der Waals surface area contributed by atoms with E-state index < -0.39 is 0 Å². The summed E-state index contributed by atoms with van der Waals surface area (Å²) in [6, 6.07) is 13.4. The number of carbonyl (C=O) groups is 1. The first-order valence-corrected chi connectivity index (χ1v) is 11.1. The molecule has 0 saturated heterocycles. The van der Waals surface area contributed by atoms with E-state index >= 15 is 0 Å². The van der Waals surface area contributed by atoms with E-state index in [1.165, 1.54) is 23.1 Å². The summed E-state index contributed by atoms with van der Waals surface area (Å²) < 4.78 is 3.74. The molecule has 1 aromatic carbocycles. The molecule has 27 heavy (non-hydrogen) atoms. The minimum atomic E-state index is 0.102. The molecule has 5 nitrogen and oxygen atoms in total. The van der Waals surface area contributed by atoms with Gasteiger partial charge in [-0.05, 0) is 18.6 Å². The van der Waals surface area contributed by atoms with Crippen molar-refractivity contribution < 1.29 is 4.79 Å². The largest absolute Gasteiger partial charge is 0.307 e. The van der Waals surface area contributed by atoms with Gasteiger partial charge in [-0.3, -0.25) is 4.79 Å². The van der Waals surface area contributed by atoms with Crippen molar-refractivity contribution in [1.82, 2.24) is 19.6 Å². The predicted molar refractivity (Wildman–Crippen MR) is 111 cm³/mol. The van der Waals surface area contributed by atoms with Crippen molar-refractivity contribution in [3.8, 4) is 0 Å². The average Bonchev–Trinajstić information content (AvgIpc) is 3.32. The van der Waals surface area contributed by atoms with Crippen LogP contribution < -0.4 is 0 Å². The highest BCUT2D eigenvalue weighted by atomic mass is 32.2. The van der Waals surface area contributed by atoms with Crippen molar-refractivity contribution in [2.75, 3.05) is 5.75 Å². The molecule has 136 valence electrons. The molecule has 3 aromatic heterocycles. The first kappa shape index (κ1) is 18.2. The minimum Gasteiger partial charge on any atom is -0.307 e. The fraction of sp³-hybridized carbons (Fsp3) is 0.158. The fourth-order valence-electron chi connectivity index (χ4n) is 2.56. The number of thioether (sulfide) groups is 2. The number of fused-ring (bicyclic) bond motifs is 1. The maximum Gasteiger partial charge on any atom is 0.175 e. The number of pyridine rings is 1. The molecule has 0 aliphatic carbocycles. The second kappa shape index (κ2) is 8.24. The highest BCUT2D eigenvalue weighted by Crippen LogP contribution is 2.31. The van der Waals surface area contributed by atoms with Crippen LogP contribution in [0.15, 0.2) is 63.5 Å². The molecule has 0 spiro atoms. The van der Waals surface area contributed by atoms with Gasteiger partial charge < -0.3 is 4.40 Å². The smallest absolute Gasteiger partial charge is 0.175 e. The van der Waals surface area contributed by atoms with E-state index in [4.69, 9.17) is 0 Å². The molecule has 0 radical (unpaired) electrons. The van der Waals surface area contributed by atoms with E-state index in [9.17, 15) is 4.79 Å². The number of imidazole rings is 1. The maximum absolute atomic E-state index is 12.2. The Balaban J connectivity index is 1.34. The molecule has 3 heterocycles. The number of carbonyl (C=O) groups excluding carboxylic acids is 1. The molecule has 8 heteroatoms. The van der Waals surface area contributed by atoms with Crippen LogP contribution in [-0.4, -0.2) is 31.1 Å². The summed E-state index contributed by atoms with van der Waals surface area (Å²) in [5, 5.41) is 8.40. The normalized spacial score (nSPS) is 11.1. The monoisotopic (exact) mass is 412 g/mol. The quantitative estimate of drug-likeness (QED) is 0.322. The molecular formula is C19H16N4OS3. The fourth-order valence-corrected chi connectivity index (χ4v) is 5.36. The Kier molecular flexibility index (Phi) is 5.56. The molecule has 0 bridgehead atoms. The molecule has 0 aliphatic rings. The third-order valence-corrected chi connectivity index (χ3v) is 7.11. The van der Waals surface area contributed by atoms with Crippen LogP contribution in [0.4, 0.5) is 0 Å². The number of aryl methyl sites for hydroxylation is 1. The van der Waals surface area contributed by atoms with Gasteiger partial charge in [0.2, 0.25) is 0 Å². The highest BCUT2D eigenvalue weighted by Gasteiger charge is 2.11. The maximum atomic E-state index is 12.2. The Hall–Kier alpha value is -2.16. The lowest BCUT2D eigenvalue weighted by Crippen LogP contribution is -2.01. The van der Waals surface area contributed by atoms with Crippen LogP contribution in [0.1, 0.15) is 21.6 Å². The standard InChI is InChI=1S/C19H16N4OS3/c1-13-6-5-9-23-10-15(20-17(13)23)11-25-18-21-22-19(27-18)26-12-16(24)14-7-3-2-4-8-14/h2-10H,11-12H2,1H3. The van der Waals surface area contributed by atoms with Crippen molar-refractivity contribution in [2.45, 2.75) is 21.4 Å². The summed E-state index contributed by atoms with van der Waals surface area (Å²) in [5.41, 5.74) is 3.89. The van der Waals surface area contributed by atoms with Crippen LogP contribution in [0, 0.1) is 6.92 Å². The van der Waals surface area contributed by atoms with E-state index in [-0.39, 0.29) is 5.78 Å². The summed E-state index contributed by atoms with van der Waals surface area (Å²) in [4.78, 5) is 16.8. The molecule has 4 rings (SSSR count). The van der Waals surface area contributed by atoms with Gasteiger partial charge in [0.25, 0.3) is 0 Å². The predicted octanol–water partition coefficient (Wildman–Crippen LogP) is 4.76. The van der Waals surface area contributed by atoms with Crippen molar-refractivity contribution in [2.24, 2.45) is 0 Å². The molecule has 0 N–H and O–H groups in total. The van der Waals surface area contributed by atoms with Crippen molar-refractivity contribution in [3.63, 3.8) is 0 Å². The first-order valence-electron chi connectivity index (χ1n) is 8.29. The zero-order chi connectivity index (χ0) is 18.6. The zero-order valence-electron chi connectivity index (χ0n) is 14.5. The van der Waals surface area contributed by atoms with Crippen molar-refractivity contribution in [3.05, 3.63) is 71.7 Å². The van der Waals surface area contributed by atoms with Crippen LogP contribution >= 0.6 is 34.9 Å². The number of hydrogen-bond acceptors (Lipinski definition) is 7. The van der Waals surface area contributed by atoms with Gasteiger partial charge >= 0.3 is 0 Å². The van der Waals surface area contributed by atoms with E-state index in [1.807, 2.05) is 53.2 Å². The second-order valence-electron chi connectivity index (χ2n) is 5.85. The van der Waals surface area contributed by atoms with Crippen molar-refractivity contribution >= 4 is 46.3 Å². The summed E-state index contributed by atoms with van der Waals surface area (Å²) >= 11 is 4.57. The lowest BCUT2D eigenvalue weighted by atomic mass is 10.2. The third-order valence-electron chi connectivity index (χ3n) is 3.88. The lowest BCUT2D eigenvalue weighted by Gasteiger charge is -1.97. The van der Waals surface area contributed by atoms with Gasteiger partial charge in [0.1, 0.15) is 5.65 Å². The van der Waals surface area contributed by atoms with Crippen LogP contribution in [0.5, 0.6) is 0 Å². The molecule has 0 atom stereocenters. The Labute approximate surface area is 169 Å². The Morgan fingerprint density at radius 3 is 2.63 bits per heavy atom. The first-order chi connectivity index (χ1) is 13.2. The summed E-state index contributed by atoms with van der Waals surface area (Å²) in [6.45, 7) is 2.06. The van der Waals surface area contributed by atoms with Crippen LogP contribution in [0.25, 0.3) is 5.65 Å². The van der Waals surface area contributed by atoms with Gasteiger partial charge in [-0.1, -0.05) is 71.3 Å². The van der Waals surface area contributed by atoms with E-state index in [1.54, 1.807) is 11.8 Å². The molecule has 0 saturated carbocycles. The SMILES string of the molecule is Cc1cccn2cc(CSc3nnc(SCC(=O)c4ccccc4)s3)nc12. The van der Waals surface area contributed by atoms with Crippen molar-refractivity contribution in [1.29, 1.82) is 0 Å². The average molecular weight is 413 g/mol. The van der Waals surface area contributed by atoms with Gasteiger partial charge in [-0.15, -0.1) is 10.2 Å². The molecule has 0 unspecified atom stereocenters.